The quantitative estimate of drug-likeness (QED) is 0.188. The third-order valence-electron chi connectivity index (χ3n) is 2.00. The largest absolute Gasteiger partial charge is 0 e. The number of hydrogen-bond acceptors (Lipinski definition) is 2. The summed E-state index contributed by atoms with van der Waals surface area (Å²) in [7, 11) is 0. The molecule has 0 bridgehead atoms. The van der Waals surface area contributed by atoms with Gasteiger partial charge in [-0.15, -0.1) is 41.9 Å². The van der Waals surface area contributed by atoms with Gasteiger partial charge in [0.15, 0.2) is 0 Å². The molecule has 6 nitrogen and oxygen atoms in total. The van der Waals surface area contributed by atoms with Gasteiger partial charge in [-0.05, 0) is 30.8 Å². The van der Waals surface area contributed by atoms with E-state index in [0.717, 1.165) is 23.8 Å². The Morgan fingerprint density at radius 3 is 1.54 bits per heavy atom. The Morgan fingerprint density at radius 1 is 0.786 bits per heavy atom. The fourth-order valence-corrected chi connectivity index (χ4v) is 3.93. The number of allylic oxidation sites excluding steroid dienone is 1. The summed E-state index contributed by atoms with van der Waals surface area (Å²) in [5.41, 5.74) is 0. The number of rotatable bonds is 4. The van der Waals surface area contributed by atoms with Crippen molar-refractivity contribution in [3.05, 3.63) is 52.6 Å². The Morgan fingerprint density at radius 2 is 1.18 bits per heavy atom. The minimum absolute atomic E-state index is 0. The van der Waals surface area contributed by atoms with E-state index in [2.05, 4.69) is 81.8 Å². The molecule has 10 heteroatoms. The zero-order valence-corrected chi connectivity index (χ0v) is 18.5. The predicted octanol–water partition coefficient (Wildman–Crippen LogP) is 3.70. The van der Waals surface area contributed by atoms with Crippen LogP contribution in [0.25, 0.3) is 0 Å². The first-order valence-corrected chi connectivity index (χ1v) is 8.55. The van der Waals surface area contributed by atoms with Crippen molar-refractivity contribution in [3.63, 3.8) is 0 Å². The maximum Gasteiger partial charge on any atom is 0 e. The number of hydrogen-bond donors (Lipinski definition) is 0. The van der Waals surface area contributed by atoms with Gasteiger partial charge >= 0.3 is 67.8 Å². The van der Waals surface area contributed by atoms with E-state index in [0.29, 0.717) is 0 Å². The van der Waals surface area contributed by atoms with Gasteiger partial charge in [-0.25, -0.2) is 0 Å². The summed E-state index contributed by atoms with van der Waals surface area (Å²) in [6, 6.07) is 0. The molecule has 1 fully saturated rings. The normalized spacial score (nSPS) is 9.00. The van der Waals surface area contributed by atoms with Crippen molar-refractivity contribution in [1.82, 2.24) is 0 Å². The van der Waals surface area contributed by atoms with Crippen LogP contribution < -0.4 is 0 Å². The monoisotopic (exact) mass is 512 g/mol. The minimum Gasteiger partial charge on any atom is 0 e. The number of unbranched alkanes of at least 4 members (excludes halogenated alkanes) is 2. The molecular weight excluding hydrogens is 494 g/mol. The molecule has 0 aromatic heterocycles. The molecule has 0 aromatic rings. The van der Waals surface area contributed by atoms with Crippen LogP contribution in [0.4, 0.5) is 0 Å². The molecule has 0 amide bonds. The molecule has 0 atom stereocenters. The first-order chi connectivity index (χ1) is 12.9. The van der Waals surface area contributed by atoms with Gasteiger partial charge in [0, 0.05) is 46.4 Å². The minimum atomic E-state index is 0. The fourth-order valence-electron chi connectivity index (χ4n) is 1.23. The molecule has 28 heavy (non-hydrogen) atoms. The first kappa shape index (κ1) is 50.8. The molecule has 1 aliphatic rings. The van der Waals surface area contributed by atoms with E-state index >= 15 is 0 Å². The summed E-state index contributed by atoms with van der Waals surface area (Å²) < 4.78 is 45.7. The van der Waals surface area contributed by atoms with Crippen molar-refractivity contribution < 1.29 is 61.5 Å². The van der Waals surface area contributed by atoms with Crippen LogP contribution in [0.15, 0.2) is 12.7 Å². The van der Waals surface area contributed by atoms with E-state index in [1.54, 1.807) is 0 Å². The third kappa shape index (κ3) is 63.7. The van der Waals surface area contributed by atoms with E-state index in [4.69, 9.17) is 27.9 Å². The first-order valence-electron chi connectivity index (χ1n) is 6.46. The second-order valence-electron chi connectivity index (χ2n) is 3.26. The summed E-state index contributed by atoms with van der Waals surface area (Å²) in [4.78, 5) is 0. The SMILES string of the molecule is C=CCCCC#CCC1SCCCS1.[C-]#[O+].[C-]#[O+].[C-]#[O+].[C-]#[O+].[C-]#[O+].[C-]#[O+].[Co].[Co]. The molecule has 0 spiro atoms. The van der Waals surface area contributed by atoms with Crippen LogP contribution in [-0.2, 0) is 61.5 Å². The molecule has 0 N–H and O–H groups in total. The Balaban J connectivity index is -0.0000000410. The van der Waals surface area contributed by atoms with Gasteiger partial charge < -0.3 is 0 Å². The van der Waals surface area contributed by atoms with Gasteiger partial charge in [-0.3, -0.25) is 0 Å². The smallest absolute Gasteiger partial charge is 0 e. The van der Waals surface area contributed by atoms with Gasteiger partial charge in [0.05, 0.1) is 4.58 Å². The van der Waals surface area contributed by atoms with Crippen molar-refractivity contribution in [1.29, 1.82) is 0 Å². The third-order valence-corrected chi connectivity index (χ3v) is 4.94. The van der Waals surface area contributed by atoms with Crippen LogP contribution in [0.5, 0.6) is 0 Å². The van der Waals surface area contributed by atoms with Gasteiger partial charge in [-0.1, -0.05) is 6.08 Å². The zero-order valence-electron chi connectivity index (χ0n) is 14.7. The van der Waals surface area contributed by atoms with Gasteiger partial charge in [0.2, 0.25) is 0 Å². The average Bonchev–Trinajstić information content (AvgIpc) is 2.80. The van der Waals surface area contributed by atoms with E-state index in [-0.39, 0.29) is 33.6 Å². The van der Waals surface area contributed by atoms with Crippen LogP contribution in [-0.4, -0.2) is 16.1 Å². The second kappa shape index (κ2) is 82.0. The van der Waals surface area contributed by atoms with E-state index in [1.807, 2.05) is 6.08 Å². The Labute approximate surface area is 196 Å². The van der Waals surface area contributed by atoms with Crippen molar-refractivity contribution in [2.75, 3.05) is 11.5 Å². The average molecular weight is 512 g/mol. The Hall–Kier alpha value is -0.547. The molecule has 156 valence electrons. The van der Waals surface area contributed by atoms with Crippen LogP contribution in [0.3, 0.4) is 0 Å². The van der Waals surface area contributed by atoms with E-state index in [9.17, 15) is 0 Å². The molecule has 1 aliphatic heterocycles. The summed E-state index contributed by atoms with van der Waals surface area (Å²) in [6.45, 7) is 30.7. The van der Waals surface area contributed by atoms with Crippen molar-refractivity contribution in [2.45, 2.75) is 36.7 Å². The summed E-state index contributed by atoms with van der Waals surface area (Å²) in [5.74, 6) is 9.19. The summed E-state index contributed by atoms with van der Waals surface area (Å²) in [5, 5.41) is 0. The summed E-state index contributed by atoms with van der Waals surface area (Å²) in [6.07, 6.45) is 7.72. The van der Waals surface area contributed by atoms with E-state index in [1.165, 1.54) is 24.3 Å². The van der Waals surface area contributed by atoms with Crippen molar-refractivity contribution in [3.8, 4) is 11.8 Å². The molecule has 0 aromatic carbocycles. The topological polar surface area (TPSA) is 119 Å². The van der Waals surface area contributed by atoms with Gasteiger partial charge in [0.1, 0.15) is 0 Å². The second-order valence-corrected chi connectivity index (χ2v) is 6.18. The standard InChI is InChI=1S/C12H18S2.6CO.2Co/c1-2-3-4-5-6-7-9-12-13-10-8-11-14-12;6*1-2;;/h2,12H,1,3-5,8-11H2;;;;;;;;. The van der Waals surface area contributed by atoms with Crippen molar-refractivity contribution >= 4 is 23.5 Å². The maximum atomic E-state index is 7.50. The molecule has 1 saturated heterocycles. The summed E-state index contributed by atoms with van der Waals surface area (Å²) >= 11 is 4.15. The molecule has 2 radical (unpaired) electrons. The van der Waals surface area contributed by atoms with Crippen molar-refractivity contribution in [2.24, 2.45) is 0 Å². The van der Waals surface area contributed by atoms with Crippen LogP contribution in [0.2, 0.25) is 0 Å². The molecule has 0 aliphatic carbocycles. The molecule has 0 unspecified atom stereocenters. The number of thioether (sulfide) groups is 2. The molecular formula is C18H18Co2O6S2. The molecule has 0 saturated carbocycles. The molecule has 1 heterocycles. The van der Waals surface area contributed by atoms with Gasteiger partial charge in [-0.2, -0.15) is 0 Å². The Bertz CT molecular complexity index is 396. The predicted molar refractivity (Wildman–Crippen MR) is 93.3 cm³/mol. The van der Waals surface area contributed by atoms with E-state index < -0.39 is 0 Å². The zero-order chi connectivity index (χ0) is 22.1. The Kier molecular flexibility index (Phi) is 149. The van der Waals surface area contributed by atoms with Gasteiger partial charge in [0.25, 0.3) is 0 Å². The van der Waals surface area contributed by atoms with Crippen LogP contribution in [0.1, 0.15) is 32.1 Å². The van der Waals surface area contributed by atoms with Crippen LogP contribution >= 0.6 is 23.5 Å². The molecule has 1 rings (SSSR count). The fraction of sp³-hybridized carbons (Fsp3) is 0.444. The van der Waals surface area contributed by atoms with Crippen LogP contribution in [0, 0.1) is 51.7 Å². The maximum absolute atomic E-state index is 7.50.